The molecule has 0 amide bonds. The molecule has 2 aromatic rings. The van der Waals surface area contributed by atoms with Crippen molar-refractivity contribution in [2.75, 3.05) is 0 Å². The molecule has 14 heavy (non-hydrogen) atoms. The fraction of sp³-hybridized carbons (Fsp3) is 0. The first-order valence-corrected chi connectivity index (χ1v) is 4.53. The van der Waals surface area contributed by atoms with Crippen molar-refractivity contribution in [2.24, 2.45) is 0 Å². The molecule has 3 nitrogen and oxygen atoms in total. The smallest absolute Gasteiger partial charge is 0.258 e. The van der Waals surface area contributed by atoms with Gasteiger partial charge in [0.2, 0.25) is 0 Å². The van der Waals surface area contributed by atoms with E-state index in [1.165, 1.54) is 12.7 Å². The van der Waals surface area contributed by atoms with Gasteiger partial charge in [0.15, 0.2) is 18.4 Å². The van der Waals surface area contributed by atoms with Crippen molar-refractivity contribution in [1.82, 2.24) is 4.98 Å². The van der Waals surface area contributed by atoms with Gasteiger partial charge in [-0.25, -0.2) is 0 Å². The molecule has 0 saturated carbocycles. The van der Waals surface area contributed by atoms with Crippen LogP contribution in [0, 0.1) is 0 Å². The molecule has 0 aliphatic heterocycles. The number of hydrogen-bond acceptors (Lipinski definition) is 3. The third kappa shape index (κ3) is 1.84. The molecule has 0 fully saturated rings. The van der Waals surface area contributed by atoms with Crippen LogP contribution in [0.1, 0.15) is 0 Å². The van der Waals surface area contributed by atoms with Crippen LogP contribution in [-0.4, -0.2) is 4.98 Å². The Balaban J connectivity index is 2.33. The van der Waals surface area contributed by atoms with Crippen LogP contribution in [0.5, 0.6) is 11.6 Å². The Morgan fingerprint density at radius 1 is 1.21 bits per heavy atom. The Kier molecular flexibility index (Phi) is 2.61. The number of para-hydroxylation sites is 1. The van der Waals surface area contributed by atoms with Gasteiger partial charge in [0, 0.05) is 0 Å². The monoisotopic (exact) mass is 229 g/mol. The second kappa shape index (κ2) is 3.90. The summed E-state index contributed by atoms with van der Waals surface area (Å²) in [5, 5.41) is 0.862. The van der Waals surface area contributed by atoms with Gasteiger partial charge < -0.3 is 9.15 Å². The first-order chi connectivity index (χ1) is 6.77. The van der Waals surface area contributed by atoms with E-state index in [0.717, 1.165) is 0 Å². The largest absolute Gasteiger partial charge is 0.448 e. The Labute approximate surface area is 90.2 Å². The molecule has 0 atom stereocenters. The topological polar surface area (TPSA) is 35.3 Å². The van der Waals surface area contributed by atoms with Crippen LogP contribution < -0.4 is 4.74 Å². The number of benzene rings is 1. The minimum atomic E-state index is 0.319. The number of nitrogens with zero attached hydrogens (tertiary/aromatic N) is 1. The number of rotatable bonds is 2. The van der Waals surface area contributed by atoms with Crippen molar-refractivity contribution in [2.45, 2.75) is 0 Å². The van der Waals surface area contributed by atoms with Crippen molar-refractivity contribution >= 4 is 23.2 Å². The molecule has 0 unspecified atom stereocenters. The number of aromatic nitrogens is 1. The van der Waals surface area contributed by atoms with E-state index in [2.05, 4.69) is 4.98 Å². The van der Waals surface area contributed by atoms with Crippen LogP contribution >= 0.6 is 23.2 Å². The fourth-order valence-electron chi connectivity index (χ4n) is 0.936. The van der Waals surface area contributed by atoms with E-state index in [0.29, 0.717) is 21.7 Å². The van der Waals surface area contributed by atoms with E-state index >= 15 is 0 Å². The van der Waals surface area contributed by atoms with E-state index in [1.807, 2.05) is 0 Å². The van der Waals surface area contributed by atoms with E-state index < -0.39 is 0 Å². The van der Waals surface area contributed by atoms with Gasteiger partial charge in [-0.15, -0.1) is 0 Å². The normalized spacial score (nSPS) is 10.1. The SMILES string of the molecule is Clc1cccc(Cl)c1Oc1cocn1. The average molecular weight is 230 g/mol. The van der Waals surface area contributed by atoms with Crippen LogP contribution in [0.4, 0.5) is 0 Å². The lowest BCUT2D eigenvalue weighted by Crippen LogP contribution is -1.85. The third-order valence-corrected chi connectivity index (χ3v) is 2.13. The number of halogens is 2. The second-order valence-corrected chi connectivity index (χ2v) is 3.29. The Bertz CT molecular complexity index is 408. The van der Waals surface area contributed by atoms with Crippen molar-refractivity contribution in [3.63, 3.8) is 0 Å². The summed E-state index contributed by atoms with van der Waals surface area (Å²) >= 11 is 11.8. The van der Waals surface area contributed by atoms with E-state index in [4.69, 9.17) is 32.4 Å². The van der Waals surface area contributed by atoms with Crippen LogP contribution in [0.25, 0.3) is 0 Å². The van der Waals surface area contributed by atoms with Crippen LogP contribution in [0.2, 0.25) is 10.0 Å². The zero-order valence-corrected chi connectivity index (χ0v) is 8.42. The summed E-state index contributed by atoms with van der Waals surface area (Å²) in [6.07, 6.45) is 2.62. The summed E-state index contributed by atoms with van der Waals surface area (Å²) in [5.41, 5.74) is 0. The highest BCUT2D eigenvalue weighted by Gasteiger charge is 2.08. The molecule has 1 aromatic heterocycles. The minimum absolute atomic E-state index is 0.319. The zero-order valence-electron chi connectivity index (χ0n) is 6.91. The van der Waals surface area contributed by atoms with E-state index in [1.54, 1.807) is 18.2 Å². The van der Waals surface area contributed by atoms with Crippen LogP contribution in [-0.2, 0) is 0 Å². The Morgan fingerprint density at radius 2 is 1.93 bits per heavy atom. The summed E-state index contributed by atoms with van der Waals surface area (Å²) in [5.74, 6) is 0.699. The highest BCUT2D eigenvalue weighted by molar-refractivity contribution is 6.37. The minimum Gasteiger partial charge on any atom is -0.448 e. The predicted molar refractivity (Wildman–Crippen MR) is 53.0 cm³/mol. The second-order valence-electron chi connectivity index (χ2n) is 2.48. The first-order valence-electron chi connectivity index (χ1n) is 3.77. The van der Waals surface area contributed by atoms with Crippen molar-refractivity contribution in [3.8, 4) is 11.6 Å². The third-order valence-electron chi connectivity index (χ3n) is 1.54. The molecular weight excluding hydrogens is 225 g/mol. The Morgan fingerprint density at radius 3 is 2.50 bits per heavy atom. The van der Waals surface area contributed by atoms with Gasteiger partial charge in [0.1, 0.15) is 0 Å². The molecule has 1 heterocycles. The maximum absolute atomic E-state index is 5.88. The van der Waals surface area contributed by atoms with Gasteiger partial charge in [-0.2, -0.15) is 4.98 Å². The van der Waals surface area contributed by atoms with Gasteiger partial charge in [0.05, 0.1) is 10.0 Å². The number of oxazole rings is 1. The van der Waals surface area contributed by atoms with Gasteiger partial charge >= 0.3 is 0 Å². The standard InChI is InChI=1S/C9H5Cl2NO2/c10-6-2-1-3-7(11)9(6)14-8-4-13-5-12-8/h1-5H. The molecule has 5 heteroatoms. The molecule has 1 aromatic carbocycles. The average Bonchev–Trinajstić information content (AvgIpc) is 2.64. The summed E-state index contributed by atoms with van der Waals surface area (Å²) in [7, 11) is 0. The molecule has 0 saturated heterocycles. The fourth-order valence-corrected chi connectivity index (χ4v) is 1.41. The maximum atomic E-state index is 5.88. The van der Waals surface area contributed by atoms with Crippen LogP contribution in [0.15, 0.2) is 35.3 Å². The molecule has 2 rings (SSSR count). The van der Waals surface area contributed by atoms with Gasteiger partial charge in [-0.05, 0) is 12.1 Å². The lowest BCUT2D eigenvalue weighted by molar-refractivity contribution is 0.458. The van der Waals surface area contributed by atoms with Gasteiger partial charge in [-0.3, -0.25) is 0 Å². The van der Waals surface area contributed by atoms with E-state index in [-0.39, 0.29) is 0 Å². The summed E-state index contributed by atoms with van der Waals surface area (Å²) in [6, 6.07) is 5.10. The molecule has 0 N–H and O–H groups in total. The van der Waals surface area contributed by atoms with Gasteiger partial charge in [-0.1, -0.05) is 29.3 Å². The highest BCUT2D eigenvalue weighted by atomic mass is 35.5. The predicted octanol–water partition coefficient (Wildman–Crippen LogP) is 3.77. The van der Waals surface area contributed by atoms with Gasteiger partial charge in [0.25, 0.3) is 5.88 Å². The van der Waals surface area contributed by atoms with Crippen LogP contribution in [0.3, 0.4) is 0 Å². The van der Waals surface area contributed by atoms with Crippen molar-refractivity contribution in [3.05, 3.63) is 40.9 Å². The molecule has 0 aliphatic carbocycles. The maximum Gasteiger partial charge on any atom is 0.258 e. The quantitative estimate of drug-likeness (QED) is 0.787. The summed E-state index contributed by atoms with van der Waals surface area (Å²) in [6.45, 7) is 0. The lowest BCUT2D eigenvalue weighted by Gasteiger charge is -2.05. The number of hydrogen-bond donors (Lipinski definition) is 0. The molecular formula is C9H5Cl2NO2. The molecule has 0 bridgehead atoms. The number of ether oxygens (including phenoxy) is 1. The molecule has 0 spiro atoms. The summed E-state index contributed by atoms with van der Waals surface area (Å²) in [4.78, 5) is 3.79. The molecule has 0 radical (unpaired) electrons. The van der Waals surface area contributed by atoms with Crippen molar-refractivity contribution < 1.29 is 9.15 Å². The van der Waals surface area contributed by atoms with Crippen molar-refractivity contribution in [1.29, 1.82) is 0 Å². The zero-order chi connectivity index (χ0) is 9.97. The molecule has 0 aliphatic rings. The Hall–Kier alpha value is -1.19. The first kappa shape index (κ1) is 9.37. The highest BCUT2D eigenvalue weighted by Crippen LogP contribution is 2.35. The lowest BCUT2D eigenvalue weighted by atomic mass is 10.3. The molecule has 72 valence electrons. The van der Waals surface area contributed by atoms with E-state index in [9.17, 15) is 0 Å². The summed E-state index contributed by atoms with van der Waals surface area (Å²) < 4.78 is 10.1.